The molecule has 116 valence electrons. The Morgan fingerprint density at radius 2 is 1.96 bits per heavy atom. The maximum Gasteiger partial charge on any atom is 0.337 e. The molecule has 3 rings (SSSR count). The van der Waals surface area contributed by atoms with E-state index in [9.17, 15) is 9.59 Å². The molecule has 0 atom stereocenters. The topological polar surface area (TPSA) is 81.2 Å². The Bertz CT molecular complexity index is 843. The van der Waals surface area contributed by atoms with Crippen LogP contribution in [0, 0.1) is 0 Å². The molecule has 0 fully saturated rings. The molecule has 0 saturated heterocycles. The first-order chi connectivity index (χ1) is 11.2. The molecule has 2 aromatic heterocycles. The van der Waals surface area contributed by atoms with Crippen molar-refractivity contribution in [3.8, 4) is 9.88 Å². The number of rotatable bonds is 4. The Kier molecular flexibility index (Phi) is 4.45. The van der Waals surface area contributed by atoms with Crippen LogP contribution in [0.3, 0.4) is 0 Å². The maximum atomic E-state index is 12.3. The molecule has 0 radical (unpaired) electrons. The van der Waals surface area contributed by atoms with Crippen LogP contribution in [0.1, 0.15) is 20.7 Å². The molecule has 0 saturated carbocycles. The van der Waals surface area contributed by atoms with Gasteiger partial charge < -0.3 is 4.74 Å². The van der Waals surface area contributed by atoms with Crippen LogP contribution in [-0.4, -0.2) is 29.2 Å². The Hall–Kier alpha value is -2.58. The van der Waals surface area contributed by atoms with E-state index >= 15 is 0 Å². The average molecular weight is 345 g/mol. The zero-order valence-electron chi connectivity index (χ0n) is 12.0. The Morgan fingerprint density at radius 1 is 1.13 bits per heavy atom. The molecule has 3 aromatic rings. The molecule has 1 N–H and O–H groups in total. The van der Waals surface area contributed by atoms with Crippen LogP contribution in [0.15, 0.2) is 41.8 Å². The number of thiophene rings is 1. The highest BCUT2D eigenvalue weighted by Crippen LogP contribution is 2.29. The first-order valence-corrected chi connectivity index (χ1v) is 8.24. The molecule has 0 unspecified atom stereocenters. The van der Waals surface area contributed by atoms with Crippen molar-refractivity contribution in [2.45, 2.75) is 0 Å². The summed E-state index contributed by atoms with van der Waals surface area (Å²) in [6.07, 6.45) is 0. The van der Waals surface area contributed by atoms with Gasteiger partial charge in [-0.3, -0.25) is 10.1 Å². The lowest BCUT2D eigenvalue weighted by Crippen LogP contribution is -2.13. The normalized spacial score (nSPS) is 10.3. The second-order valence-corrected chi connectivity index (χ2v) is 6.34. The Balaban J connectivity index is 1.76. The second kappa shape index (κ2) is 6.67. The van der Waals surface area contributed by atoms with Crippen molar-refractivity contribution >= 4 is 39.7 Å². The molecule has 6 nitrogen and oxygen atoms in total. The van der Waals surface area contributed by atoms with Crippen molar-refractivity contribution in [1.82, 2.24) is 10.2 Å². The summed E-state index contributed by atoms with van der Waals surface area (Å²) in [7, 11) is 1.29. The molecule has 1 aromatic carbocycles. The van der Waals surface area contributed by atoms with E-state index in [1.54, 1.807) is 29.5 Å². The molecule has 0 aliphatic carbocycles. The number of carbonyl (C=O) groups is 2. The Labute approximate surface area is 139 Å². The SMILES string of the molecule is COC(=O)c1cccc(C(=O)Nc2nnc(-c3cccs3)s2)c1. The van der Waals surface area contributed by atoms with Crippen molar-refractivity contribution in [1.29, 1.82) is 0 Å². The zero-order chi connectivity index (χ0) is 16.2. The molecule has 0 bridgehead atoms. The fourth-order valence-electron chi connectivity index (χ4n) is 1.85. The fourth-order valence-corrected chi connectivity index (χ4v) is 3.38. The highest BCUT2D eigenvalue weighted by molar-refractivity contribution is 7.23. The Morgan fingerprint density at radius 3 is 2.70 bits per heavy atom. The molecule has 8 heteroatoms. The van der Waals surface area contributed by atoms with E-state index in [1.807, 2.05) is 17.5 Å². The van der Waals surface area contributed by atoms with E-state index in [4.69, 9.17) is 0 Å². The molecular formula is C15H11N3O3S2. The largest absolute Gasteiger partial charge is 0.465 e. The first-order valence-electron chi connectivity index (χ1n) is 6.54. The highest BCUT2D eigenvalue weighted by atomic mass is 32.1. The maximum absolute atomic E-state index is 12.3. The fraction of sp³-hybridized carbons (Fsp3) is 0.0667. The summed E-state index contributed by atoms with van der Waals surface area (Å²) in [5.74, 6) is -0.847. The summed E-state index contributed by atoms with van der Waals surface area (Å²) in [6.45, 7) is 0. The molecular weight excluding hydrogens is 334 g/mol. The van der Waals surface area contributed by atoms with Crippen LogP contribution in [0.25, 0.3) is 9.88 Å². The van der Waals surface area contributed by atoms with E-state index in [-0.39, 0.29) is 5.91 Å². The van der Waals surface area contributed by atoms with Gasteiger partial charge in [0.1, 0.15) is 0 Å². The number of carbonyl (C=O) groups excluding carboxylic acids is 2. The number of hydrogen-bond donors (Lipinski definition) is 1. The number of nitrogens with one attached hydrogen (secondary N) is 1. The van der Waals surface area contributed by atoms with Gasteiger partial charge in [0, 0.05) is 5.56 Å². The van der Waals surface area contributed by atoms with Crippen molar-refractivity contribution in [3.63, 3.8) is 0 Å². The van der Waals surface area contributed by atoms with E-state index in [1.165, 1.54) is 24.5 Å². The summed E-state index contributed by atoms with van der Waals surface area (Å²) in [6, 6.07) is 10.2. The molecule has 23 heavy (non-hydrogen) atoms. The van der Waals surface area contributed by atoms with Gasteiger partial charge in [-0.2, -0.15) is 0 Å². The van der Waals surface area contributed by atoms with Gasteiger partial charge in [-0.25, -0.2) is 4.79 Å². The second-order valence-electron chi connectivity index (χ2n) is 4.42. The quantitative estimate of drug-likeness (QED) is 0.734. The summed E-state index contributed by atoms with van der Waals surface area (Å²) in [5.41, 5.74) is 0.664. The van der Waals surface area contributed by atoms with Gasteiger partial charge in [0.15, 0.2) is 5.01 Å². The highest BCUT2D eigenvalue weighted by Gasteiger charge is 2.14. The van der Waals surface area contributed by atoms with Crippen molar-refractivity contribution < 1.29 is 14.3 Å². The van der Waals surface area contributed by atoms with Crippen LogP contribution in [0.5, 0.6) is 0 Å². The van der Waals surface area contributed by atoms with Crippen LogP contribution in [0.4, 0.5) is 5.13 Å². The number of benzene rings is 1. The minimum absolute atomic E-state index is 0.316. The van der Waals surface area contributed by atoms with E-state index in [2.05, 4.69) is 20.3 Å². The van der Waals surface area contributed by atoms with Crippen LogP contribution in [-0.2, 0) is 4.74 Å². The summed E-state index contributed by atoms with van der Waals surface area (Å²) < 4.78 is 4.64. The summed E-state index contributed by atoms with van der Waals surface area (Å²) >= 11 is 2.85. The van der Waals surface area contributed by atoms with Crippen molar-refractivity contribution in [3.05, 3.63) is 52.9 Å². The molecule has 0 aliphatic heterocycles. The lowest BCUT2D eigenvalue weighted by Gasteiger charge is -2.03. The summed E-state index contributed by atoms with van der Waals surface area (Å²) in [4.78, 5) is 24.8. The predicted molar refractivity (Wildman–Crippen MR) is 89.0 cm³/mol. The van der Waals surface area contributed by atoms with Crippen molar-refractivity contribution in [2.75, 3.05) is 12.4 Å². The molecule has 0 spiro atoms. The number of ether oxygens (including phenoxy) is 1. The number of amides is 1. The third kappa shape index (κ3) is 3.43. The lowest BCUT2D eigenvalue weighted by atomic mass is 10.1. The third-order valence-electron chi connectivity index (χ3n) is 2.92. The number of esters is 1. The monoisotopic (exact) mass is 345 g/mol. The van der Waals surface area contributed by atoms with E-state index in [0.29, 0.717) is 16.3 Å². The first kappa shape index (κ1) is 15.3. The number of anilines is 1. The van der Waals surface area contributed by atoms with Crippen LogP contribution >= 0.6 is 22.7 Å². The van der Waals surface area contributed by atoms with Gasteiger partial charge in [-0.1, -0.05) is 23.5 Å². The van der Waals surface area contributed by atoms with Crippen LogP contribution in [0.2, 0.25) is 0 Å². The third-order valence-corrected chi connectivity index (χ3v) is 4.80. The molecule has 1 amide bonds. The average Bonchev–Trinajstić information content (AvgIpc) is 3.25. The lowest BCUT2D eigenvalue weighted by molar-refractivity contribution is 0.0600. The number of nitrogens with zero attached hydrogens (tertiary/aromatic N) is 2. The predicted octanol–water partition coefficient (Wildman–Crippen LogP) is 3.31. The minimum Gasteiger partial charge on any atom is -0.465 e. The minimum atomic E-state index is -0.490. The van der Waals surface area contributed by atoms with Gasteiger partial charge >= 0.3 is 5.97 Å². The van der Waals surface area contributed by atoms with Gasteiger partial charge in [0.2, 0.25) is 5.13 Å². The smallest absolute Gasteiger partial charge is 0.337 e. The standard InChI is InChI=1S/C15H11N3O3S2/c1-21-14(20)10-5-2-4-9(8-10)12(19)16-15-18-17-13(23-15)11-6-3-7-22-11/h2-8H,1H3,(H,16,18,19). The van der Waals surface area contributed by atoms with Gasteiger partial charge in [0.05, 0.1) is 17.6 Å². The van der Waals surface area contributed by atoms with E-state index in [0.717, 1.165) is 9.88 Å². The summed E-state index contributed by atoms with van der Waals surface area (Å²) in [5, 5.41) is 13.8. The number of aromatic nitrogens is 2. The molecule has 0 aliphatic rings. The number of hydrogen-bond acceptors (Lipinski definition) is 7. The van der Waals surface area contributed by atoms with Crippen molar-refractivity contribution in [2.24, 2.45) is 0 Å². The van der Waals surface area contributed by atoms with Crippen LogP contribution < -0.4 is 5.32 Å². The van der Waals surface area contributed by atoms with Gasteiger partial charge in [-0.05, 0) is 29.6 Å². The molecule has 2 heterocycles. The van der Waals surface area contributed by atoms with E-state index < -0.39 is 5.97 Å². The number of methoxy groups -OCH3 is 1. The van der Waals surface area contributed by atoms with Gasteiger partial charge in [-0.15, -0.1) is 21.5 Å². The zero-order valence-corrected chi connectivity index (χ0v) is 13.6. The van der Waals surface area contributed by atoms with Gasteiger partial charge in [0.25, 0.3) is 5.91 Å².